The van der Waals surface area contributed by atoms with Crippen molar-refractivity contribution in [2.75, 3.05) is 25.1 Å². The van der Waals surface area contributed by atoms with Crippen molar-refractivity contribution >= 4 is 17.7 Å². The number of rotatable bonds is 2. The molecule has 7 heteroatoms. The molecule has 1 aromatic heterocycles. The molecule has 1 unspecified atom stereocenters. The van der Waals surface area contributed by atoms with Crippen LogP contribution in [0.15, 0.2) is 18.3 Å². The van der Waals surface area contributed by atoms with E-state index in [1.807, 2.05) is 6.92 Å². The fourth-order valence-electron chi connectivity index (χ4n) is 1.79. The van der Waals surface area contributed by atoms with Crippen LogP contribution >= 0.6 is 0 Å². The van der Waals surface area contributed by atoms with Crippen molar-refractivity contribution in [3.05, 3.63) is 24.0 Å². The number of aliphatic carboxylic acids is 1. The first kappa shape index (κ1) is 13.3. The van der Waals surface area contributed by atoms with E-state index in [9.17, 15) is 9.59 Å². The van der Waals surface area contributed by atoms with Gasteiger partial charge in [-0.25, -0.2) is 9.59 Å². The van der Waals surface area contributed by atoms with Crippen molar-refractivity contribution < 1.29 is 19.4 Å². The summed E-state index contributed by atoms with van der Waals surface area (Å²) in [4.78, 5) is 28.4. The van der Waals surface area contributed by atoms with Crippen LogP contribution in [0.25, 0.3) is 0 Å². The molecule has 0 aliphatic carbocycles. The monoisotopic (exact) mass is 265 g/mol. The van der Waals surface area contributed by atoms with Gasteiger partial charge >= 0.3 is 12.0 Å². The van der Waals surface area contributed by atoms with E-state index < -0.39 is 18.0 Å². The molecule has 1 aliphatic rings. The highest BCUT2D eigenvalue weighted by Crippen LogP contribution is 2.12. The van der Waals surface area contributed by atoms with Crippen molar-refractivity contribution in [2.45, 2.75) is 13.0 Å². The van der Waals surface area contributed by atoms with Gasteiger partial charge in [0.2, 0.25) is 0 Å². The quantitative estimate of drug-likeness (QED) is 0.821. The summed E-state index contributed by atoms with van der Waals surface area (Å²) in [6.07, 6.45) is 1.53. The number of carboxylic acids is 1. The maximum Gasteiger partial charge on any atom is 0.328 e. The number of carbonyl (C=O) groups excluding carboxylic acids is 1. The van der Waals surface area contributed by atoms with Crippen LogP contribution in [0.3, 0.4) is 0 Å². The van der Waals surface area contributed by atoms with E-state index in [1.165, 1.54) is 11.1 Å². The third-order valence-electron chi connectivity index (χ3n) is 2.84. The van der Waals surface area contributed by atoms with E-state index >= 15 is 0 Å². The largest absolute Gasteiger partial charge is 0.480 e. The van der Waals surface area contributed by atoms with E-state index in [0.717, 1.165) is 5.69 Å². The minimum atomic E-state index is -1.07. The Morgan fingerprint density at radius 3 is 2.95 bits per heavy atom. The summed E-state index contributed by atoms with van der Waals surface area (Å²) in [6, 6.07) is 2.08. The number of nitrogens with zero attached hydrogens (tertiary/aromatic N) is 2. The lowest BCUT2D eigenvalue weighted by atomic mass is 10.2. The van der Waals surface area contributed by atoms with Crippen LogP contribution < -0.4 is 5.32 Å². The lowest BCUT2D eigenvalue weighted by Gasteiger charge is -2.32. The Hall–Kier alpha value is -2.15. The summed E-state index contributed by atoms with van der Waals surface area (Å²) < 4.78 is 5.07. The highest BCUT2D eigenvalue weighted by Gasteiger charge is 2.32. The van der Waals surface area contributed by atoms with Crippen LogP contribution in [0, 0.1) is 6.92 Å². The van der Waals surface area contributed by atoms with Crippen LogP contribution in [0.1, 0.15) is 5.69 Å². The summed E-state index contributed by atoms with van der Waals surface area (Å²) in [5.74, 6) is -1.07. The Bertz CT molecular complexity index is 474. The zero-order valence-corrected chi connectivity index (χ0v) is 10.5. The minimum absolute atomic E-state index is 0.00883. The fourth-order valence-corrected chi connectivity index (χ4v) is 1.79. The molecule has 0 aromatic carbocycles. The number of nitrogens with one attached hydrogen (secondary N) is 1. The Morgan fingerprint density at radius 2 is 2.32 bits per heavy atom. The second kappa shape index (κ2) is 5.66. The number of carboxylic acid groups (broad SMARTS) is 1. The van der Waals surface area contributed by atoms with E-state index in [0.29, 0.717) is 12.3 Å². The Balaban J connectivity index is 2.05. The topological polar surface area (TPSA) is 91.8 Å². The molecule has 102 valence electrons. The number of aromatic nitrogens is 1. The molecule has 0 spiro atoms. The van der Waals surface area contributed by atoms with Crippen LogP contribution in [0.2, 0.25) is 0 Å². The fraction of sp³-hybridized carbons (Fsp3) is 0.417. The number of morpholine rings is 1. The number of hydrogen-bond acceptors (Lipinski definition) is 4. The molecule has 0 bridgehead atoms. The van der Waals surface area contributed by atoms with E-state index in [4.69, 9.17) is 9.84 Å². The summed E-state index contributed by atoms with van der Waals surface area (Å²) in [7, 11) is 0. The number of pyridine rings is 1. The molecule has 1 aliphatic heterocycles. The molecule has 2 heterocycles. The average molecular weight is 265 g/mol. The van der Waals surface area contributed by atoms with Crippen molar-refractivity contribution in [1.29, 1.82) is 0 Å². The second-order valence-electron chi connectivity index (χ2n) is 4.24. The van der Waals surface area contributed by atoms with Gasteiger partial charge in [0.05, 0.1) is 25.1 Å². The van der Waals surface area contributed by atoms with Gasteiger partial charge < -0.3 is 20.1 Å². The van der Waals surface area contributed by atoms with Crippen molar-refractivity contribution in [3.8, 4) is 0 Å². The maximum atomic E-state index is 12.0. The Kier molecular flexibility index (Phi) is 3.96. The molecular weight excluding hydrogens is 250 g/mol. The summed E-state index contributed by atoms with van der Waals surface area (Å²) >= 11 is 0. The first-order valence-corrected chi connectivity index (χ1v) is 5.89. The second-order valence-corrected chi connectivity index (χ2v) is 4.24. The molecule has 1 saturated heterocycles. The third-order valence-corrected chi connectivity index (χ3v) is 2.84. The van der Waals surface area contributed by atoms with Gasteiger partial charge in [0.1, 0.15) is 0 Å². The smallest absolute Gasteiger partial charge is 0.328 e. The van der Waals surface area contributed by atoms with Gasteiger partial charge in [0.15, 0.2) is 6.04 Å². The lowest BCUT2D eigenvalue weighted by molar-refractivity contribution is -0.147. The molecular formula is C12H15N3O4. The predicted octanol–water partition coefficient (Wildman–Crippen LogP) is 0.707. The van der Waals surface area contributed by atoms with Crippen LogP contribution in [0.4, 0.5) is 10.5 Å². The number of anilines is 1. The van der Waals surface area contributed by atoms with Gasteiger partial charge in [-0.2, -0.15) is 0 Å². The van der Waals surface area contributed by atoms with Gasteiger partial charge in [-0.05, 0) is 19.1 Å². The van der Waals surface area contributed by atoms with Gasteiger partial charge in [0.25, 0.3) is 0 Å². The van der Waals surface area contributed by atoms with Crippen LogP contribution in [-0.4, -0.2) is 52.8 Å². The SMILES string of the molecule is Cc1ccc(NC(=O)N2CCOCC2C(=O)O)cn1. The standard InChI is InChI=1S/C12H15N3O4/c1-8-2-3-9(6-13-8)14-12(18)15-4-5-19-7-10(15)11(16)17/h2-3,6,10H,4-5,7H2,1H3,(H,14,18)(H,16,17). The zero-order valence-electron chi connectivity index (χ0n) is 10.5. The van der Waals surface area contributed by atoms with Gasteiger partial charge in [-0.1, -0.05) is 0 Å². The average Bonchev–Trinajstić information content (AvgIpc) is 2.41. The summed E-state index contributed by atoms with van der Waals surface area (Å²) in [5.41, 5.74) is 1.37. The predicted molar refractivity (Wildman–Crippen MR) is 66.9 cm³/mol. The molecule has 7 nitrogen and oxygen atoms in total. The molecule has 2 N–H and O–H groups in total. The summed E-state index contributed by atoms with van der Waals surface area (Å²) in [5, 5.41) is 11.7. The lowest BCUT2D eigenvalue weighted by Crippen LogP contribution is -2.53. The van der Waals surface area contributed by atoms with Gasteiger partial charge in [-0.15, -0.1) is 0 Å². The Labute approximate surface area is 110 Å². The van der Waals surface area contributed by atoms with E-state index in [1.54, 1.807) is 12.1 Å². The minimum Gasteiger partial charge on any atom is -0.480 e. The first-order chi connectivity index (χ1) is 9.08. The third kappa shape index (κ3) is 3.19. The van der Waals surface area contributed by atoms with Gasteiger partial charge in [0, 0.05) is 12.2 Å². The summed E-state index contributed by atoms with van der Waals surface area (Å²) in [6.45, 7) is 2.44. The molecule has 1 fully saturated rings. The number of amides is 2. The molecule has 1 atom stereocenters. The normalized spacial score (nSPS) is 19.0. The van der Waals surface area contributed by atoms with E-state index in [-0.39, 0.29) is 13.2 Å². The number of urea groups is 1. The van der Waals surface area contributed by atoms with Crippen LogP contribution in [-0.2, 0) is 9.53 Å². The maximum absolute atomic E-state index is 12.0. The highest BCUT2D eigenvalue weighted by atomic mass is 16.5. The number of ether oxygens (including phenoxy) is 1. The number of aryl methyl sites for hydroxylation is 1. The molecule has 2 amide bonds. The van der Waals surface area contributed by atoms with Crippen molar-refractivity contribution in [1.82, 2.24) is 9.88 Å². The van der Waals surface area contributed by atoms with Crippen molar-refractivity contribution in [3.63, 3.8) is 0 Å². The van der Waals surface area contributed by atoms with Crippen LogP contribution in [0.5, 0.6) is 0 Å². The van der Waals surface area contributed by atoms with Crippen molar-refractivity contribution in [2.24, 2.45) is 0 Å². The molecule has 19 heavy (non-hydrogen) atoms. The van der Waals surface area contributed by atoms with Gasteiger partial charge in [-0.3, -0.25) is 4.98 Å². The highest BCUT2D eigenvalue weighted by molar-refractivity contribution is 5.92. The molecule has 0 saturated carbocycles. The zero-order chi connectivity index (χ0) is 13.8. The number of carbonyl (C=O) groups is 2. The molecule has 1 aromatic rings. The molecule has 2 rings (SSSR count). The molecule has 0 radical (unpaired) electrons. The van der Waals surface area contributed by atoms with E-state index in [2.05, 4.69) is 10.3 Å². The first-order valence-electron chi connectivity index (χ1n) is 5.89. The number of hydrogen-bond donors (Lipinski definition) is 2. The Morgan fingerprint density at radius 1 is 1.53 bits per heavy atom.